The van der Waals surface area contributed by atoms with Crippen molar-refractivity contribution in [2.45, 2.75) is 46.1 Å². The van der Waals surface area contributed by atoms with Crippen molar-refractivity contribution in [2.24, 2.45) is 16.3 Å². The van der Waals surface area contributed by atoms with Crippen LogP contribution in [-0.2, 0) is 0 Å². The van der Waals surface area contributed by atoms with E-state index in [0.29, 0.717) is 6.04 Å². The van der Waals surface area contributed by atoms with Crippen LogP contribution in [0.1, 0.15) is 40.0 Å². The SMILES string of the molecule is CC(C)(C)CC(=NC1CC1)NN. The Labute approximate surface area is 74.4 Å². The molecule has 1 aliphatic carbocycles. The Bertz CT molecular complexity index is 175. The van der Waals surface area contributed by atoms with Crippen LogP contribution in [0.4, 0.5) is 0 Å². The molecule has 0 unspecified atom stereocenters. The van der Waals surface area contributed by atoms with Gasteiger partial charge in [0.05, 0.1) is 6.04 Å². The number of nitrogens with one attached hydrogen (secondary N) is 1. The third kappa shape index (κ3) is 3.72. The summed E-state index contributed by atoms with van der Waals surface area (Å²) in [5.41, 5.74) is 2.94. The fraction of sp³-hybridized carbons (Fsp3) is 0.889. The third-order valence-electron chi connectivity index (χ3n) is 1.75. The zero-order chi connectivity index (χ0) is 9.19. The maximum absolute atomic E-state index is 5.38. The zero-order valence-electron chi connectivity index (χ0n) is 8.22. The molecule has 3 nitrogen and oxygen atoms in total. The predicted octanol–water partition coefficient (Wildman–Crippen LogP) is 1.45. The molecule has 0 bridgehead atoms. The summed E-state index contributed by atoms with van der Waals surface area (Å²) in [6, 6.07) is 0.554. The van der Waals surface area contributed by atoms with E-state index in [2.05, 4.69) is 31.2 Å². The fourth-order valence-corrected chi connectivity index (χ4v) is 1.06. The summed E-state index contributed by atoms with van der Waals surface area (Å²) in [6.45, 7) is 6.56. The van der Waals surface area contributed by atoms with Crippen molar-refractivity contribution >= 4 is 5.84 Å². The first-order valence-electron chi connectivity index (χ1n) is 4.54. The third-order valence-corrected chi connectivity index (χ3v) is 1.75. The monoisotopic (exact) mass is 169 g/mol. The van der Waals surface area contributed by atoms with E-state index in [1.807, 2.05) is 0 Å². The molecule has 12 heavy (non-hydrogen) atoms. The lowest BCUT2D eigenvalue weighted by molar-refractivity contribution is 0.428. The normalized spacial score (nSPS) is 19.5. The van der Waals surface area contributed by atoms with Crippen molar-refractivity contribution < 1.29 is 0 Å². The number of rotatable bonds is 2. The van der Waals surface area contributed by atoms with Crippen LogP contribution in [0.5, 0.6) is 0 Å². The molecule has 0 saturated heterocycles. The van der Waals surface area contributed by atoms with Gasteiger partial charge >= 0.3 is 0 Å². The van der Waals surface area contributed by atoms with Gasteiger partial charge in [-0.05, 0) is 18.3 Å². The number of hydrogen-bond donors (Lipinski definition) is 2. The molecule has 1 rings (SSSR count). The van der Waals surface area contributed by atoms with E-state index in [1.165, 1.54) is 12.8 Å². The summed E-state index contributed by atoms with van der Waals surface area (Å²) in [7, 11) is 0. The highest BCUT2D eigenvalue weighted by Crippen LogP contribution is 2.25. The van der Waals surface area contributed by atoms with Crippen molar-refractivity contribution in [1.82, 2.24) is 5.43 Å². The van der Waals surface area contributed by atoms with E-state index >= 15 is 0 Å². The number of aliphatic imine (C=N–C) groups is 1. The number of amidine groups is 1. The molecule has 3 N–H and O–H groups in total. The quantitative estimate of drug-likeness (QED) is 0.284. The highest BCUT2D eigenvalue weighted by Gasteiger charge is 2.22. The molecule has 70 valence electrons. The van der Waals surface area contributed by atoms with E-state index in [1.54, 1.807) is 0 Å². The van der Waals surface area contributed by atoms with Gasteiger partial charge in [0.25, 0.3) is 0 Å². The number of hydrazine groups is 1. The minimum Gasteiger partial charge on any atom is -0.312 e. The van der Waals surface area contributed by atoms with Crippen molar-refractivity contribution in [3.05, 3.63) is 0 Å². The van der Waals surface area contributed by atoms with E-state index in [-0.39, 0.29) is 5.41 Å². The number of nitrogens with zero attached hydrogens (tertiary/aromatic N) is 1. The van der Waals surface area contributed by atoms with Crippen molar-refractivity contribution in [1.29, 1.82) is 0 Å². The van der Waals surface area contributed by atoms with Gasteiger partial charge in [-0.25, -0.2) is 5.84 Å². The van der Waals surface area contributed by atoms with Crippen LogP contribution in [0.15, 0.2) is 4.99 Å². The van der Waals surface area contributed by atoms with Gasteiger partial charge in [0.2, 0.25) is 0 Å². The summed E-state index contributed by atoms with van der Waals surface area (Å²) in [5.74, 6) is 6.32. The second-order valence-electron chi connectivity index (χ2n) is 4.69. The molecule has 1 aliphatic rings. The van der Waals surface area contributed by atoms with E-state index in [4.69, 9.17) is 5.84 Å². The lowest BCUT2D eigenvalue weighted by Gasteiger charge is -2.18. The van der Waals surface area contributed by atoms with Crippen LogP contribution in [0.25, 0.3) is 0 Å². The maximum atomic E-state index is 5.38. The summed E-state index contributed by atoms with van der Waals surface area (Å²) in [5, 5.41) is 0. The van der Waals surface area contributed by atoms with Crippen LogP contribution in [0.3, 0.4) is 0 Å². The van der Waals surface area contributed by atoms with Crippen molar-refractivity contribution in [2.75, 3.05) is 0 Å². The second-order valence-corrected chi connectivity index (χ2v) is 4.69. The maximum Gasteiger partial charge on any atom is 0.111 e. The van der Waals surface area contributed by atoms with Crippen LogP contribution >= 0.6 is 0 Å². The molecule has 1 saturated carbocycles. The van der Waals surface area contributed by atoms with Gasteiger partial charge in [0.15, 0.2) is 0 Å². The van der Waals surface area contributed by atoms with Gasteiger partial charge in [-0.1, -0.05) is 20.8 Å². The number of hydrogen-bond acceptors (Lipinski definition) is 2. The predicted molar refractivity (Wildman–Crippen MR) is 51.9 cm³/mol. The molecule has 0 amide bonds. The van der Waals surface area contributed by atoms with Gasteiger partial charge in [0.1, 0.15) is 5.84 Å². The Kier molecular flexibility index (Phi) is 2.73. The first kappa shape index (κ1) is 9.52. The summed E-state index contributed by atoms with van der Waals surface area (Å²) < 4.78 is 0. The molecule has 3 heteroatoms. The average molecular weight is 169 g/mol. The first-order chi connectivity index (χ1) is 5.51. The molecule has 0 aromatic rings. The Morgan fingerprint density at radius 2 is 2.08 bits per heavy atom. The van der Waals surface area contributed by atoms with Gasteiger partial charge < -0.3 is 5.43 Å². The average Bonchev–Trinajstić information content (AvgIpc) is 2.67. The van der Waals surface area contributed by atoms with Gasteiger partial charge in [-0.2, -0.15) is 0 Å². The zero-order valence-corrected chi connectivity index (χ0v) is 8.22. The lowest BCUT2D eigenvalue weighted by Crippen LogP contribution is -2.33. The molecule has 0 aromatic heterocycles. The molecule has 0 spiro atoms. The van der Waals surface area contributed by atoms with Gasteiger partial charge in [-0.15, -0.1) is 0 Å². The Hall–Kier alpha value is -0.570. The highest BCUT2D eigenvalue weighted by molar-refractivity contribution is 5.82. The molecule has 0 aliphatic heterocycles. The summed E-state index contributed by atoms with van der Waals surface area (Å²) >= 11 is 0. The molecule has 0 heterocycles. The smallest absolute Gasteiger partial charge is 0.111 e. The summed E-state index contributed by atoms with van der Waals surface area (Å²) in [6.07, 6.45) is 3.39. The molecule has 0 radical (unpaired) electrons. The van der Waals surface area contributed by atoms with Crippen molar-refractivity contribution in [3.63, 3.8) is 0 Å². The fourth-order valence-electron chi connectivity index (χ4n) is 1.06. The largest absolute Gasteiger partial charge is 0.312 e. The van der Waals surface area contributed by atoms with Crippen LogP contribution in [0, 0.1) is 5.41 Å². The van der Waals surface area contributed by atoms with Crippen molar-refractivity contribution in [3.8, 4) is 0 Å². The minimum absolute atomic E-state index is 0.264. The standard InChI is InChI=1S/C9H19N3/c1-9(2,3)6-8(12-10)11-7-4-5-7/h7H,4-6,10H2,1-3H3,(H,11,12). The van der Waals surface area contributed by atoms with E-state index < -0.39 is 0 Å². The van der Waals surface area contributed by atoms with Gasteiger partial charge in [0, 0.05) is 6.42 Å². The topological polar surface area (TPSA) is 50.4 Å². The van der Waals surface area contributed by atoms with Crippen LogP contribution < -0.4 is 11.3 Å². The van der Waals surface area contributed by atoms with Crippen LogP contribution in [0.2, 0.25) is 0 Å². The Balaban J connectivity index is 2.44. The first-order valence-corrected chi connectivity index (χ1v) is 4.54. The van der Waals surface area contributed by atoms with E-state index in [0.717, 1.165) is 12.3 Å². The summed E-state index contributed by atoms with van der Waals surface area (Å²) in [4.78, 5) is 4.47. The van der Waals surface area contributed by atoms with Crippen LogP contribution in [-0.4, -0.2) is 11.9 Å². The Morgan fingerprint density at radius 1 is 1.50 bits per heavy atom. The molecular weight excluding hydrogens is 150 g/mol. The molecule has 1 fully saturated rings. The Morgan fingerprint density at radius 3 is 2.42 bits per heavy atom. The minimum atomic E-state index is 0.264. The second kappa shape index (κ2) is 3.44. The molecule has 0 aromatic carbocycles. The van der Waals surface area contributed by atoms with Gasteiger partial charge in [-0.3, -0.25) is 4.99 Å². The number of nitrogens with two attached hydrogens (primary N) is 1. The molecule has 0 atom stereocenters. The lowest BCUT2D eigenvalue weighted by atomic mass is 9.92. The van der Waals surface area contributed by atoms with E-state index in [9.17, 15) is 0 Å². The molecular formula is C9H19N3. The highest BCUT2D eigenvalue weighted by atomic mass is 15.3.